The first-order valence-electron chi connectivity index (χ1n) is 15.4. The molecule has 4 amide bonds. The molecule has 1 unspecified atom stereocenters. The van der Waals surface area contributed by atoms with Gasteiger partial charge in [-0.3, -0.25) is 28.9 Å². The zero-order chi connectivity index (χ0) is 32.2. The minimum absolute atomic E-state index is 0.188. The molecule has 3 atom stereocenters. The number of rotatable bonds is 16. The molecule has 0 spiro atoms. The van der Waals surface area contributed by atoms with Crippen LogP contribution in [-0.2, 0) is 41.6 Å². The summed E-state index contributed by atoms with van der Waals surface area (Å²) in [7, 11) is 2.04. The van der Waals surface area contributed by atoms with Crippen LogP contribution in [0, 0.1) is 0 Å². The van der Waals surface area contributed by atoms with Crippen LogP contribution in [0.4, 0.5) is 0 Å². The van der Waals surface area contributed by atoms with Crippen molar-refractivity contribution in [2.24, 2.45) is 0 Å². The number of carbonyl (C=O) groups excluding carboxylic acids is 5. The lowest BCUT2D eigenvalue weighted by Gasteiger charge is -2.32. The summed E-state index contributed by atoms with van der Waals surface area (Å²) in [6.45, 7) is 4.83. The maximum absolute atomic E-state index is 13.3. The van der Waals surface area contributed by atoms with Crippen LogP contribution >= 0.6 is 0 Å². The number of likely N-dealkylation sites (N-methyl/N-ethyl adjacent to an activating group) is 1. The van der Waals surface area contributed by atoms with E-state index >= 15 is 0 Å². The molecule has 12 nitrogen and oxygen atoms in total. The minimum Gasteiger partial charge on any atom is -0.362 e. The van der Waals surface area contributed by atoms with Crippen LogP contribution in [0.3, 0.4) is 0 Å². The van der Waals surface area contributed by atoms with Crippen molar-refractivity contribution in [2.75, 3.05) is 59.5 Å². The molecule has 4 N–H and O–H groups in total. The standard InChI is InChI=1S/C33H44N6O6/c1-33(23-45-33)28(40)20-34-32(44)27(19-25-11-7-4-8-12-25)37-29(41)21-35-31(43)26(14-13-24-9-5-3-6-10-24)36-30(42)22-39-17-15-38(2)16-18-39/h3-12,26-27H,13-23H2,1-2H3,(H,34,44)(H,35,43)(H,36,42)(H,37,41)/t26-,27-,33?/m0/s1. The van der Waals surface area contributed by atoms with E-state index < -0.39 is 42.0 Å². The second kappa shape index (κ2) is 16.3. The van der Waals surface area contributed by atoms with E-state index in [0.29, 0.717) is 19.4 Å². The van der Waals surface area contributed by atoms with Crippen molar-refractivity contribution in [2.45, 2.75) is 43.9 Å². The number of nitrogens with zero attached hydrogens (tertiary/aromatic N) is 2. The van der Waals surface area contributed by atoms with E-state index in [1.807, 2.05) is 67.7 Å². The molecule has 12 heteroatoms. The number of benzene rings is 2. The summed E-state index contributed by atoms with van der Waals surface area (Å²) >= 11 is 0. The number of hydrogen-bond donors (Lipinski definition) is 4. The number of epoxide rings is 1. The smallest absolute Gasteiger partial charge is 0.243 e. The van der Waals surface area contributed by atoms with Gasteiger partial charge in [-0.1, -0.05) is 60.7 Å². The van der Waals surface area contributed by atoms with Crippen LogP contribution in [0.25, 0.3) is 0 Å². The van der Waals surface area contributed by atoms with Crippen molar-refractivity contribution >= 4 is 29.4 Å². The first-order valence-corrected chi connectivity index (χ1v) is 15.4. The second-order valence-corrected chi connectivity index (χ2v) is 11.9. The third kappa shape index (κ3) is 11.1. The van der Waals surface area contributed by atoms with E-state index in [1.165, 1.54) is 0 Å². The minimum atomic E-state index is -0.977. The lowest BCUT2D eigenvalue weighted by atomic mass is 10.0. The largest absolute Gasteiger partial charge is 0.362 e. The van der Waals surface area contributed by atoms with E-state index in [0.717, 1.165) is 37.3 Å². The summed E-state index contributed by atoms with van der Waals surface area (Å²) in [5, 5.41) is 10.8. The van der Waals surface area contributed by atoms with E-state index in [2.05, 4.69) is 31.1 Å². The molecule has 2 saturated heterocycles. The Kier molecular flexibility index (Phi) is 12.2. The van der Waals surface area contributed by atoms with E-state index in [4.69, 9.17) is 4.74 Å². The highest BCUT2D eigenvalue weighted by molar-refractivity contribution is 5.96. The van der Waals surface area contributed by atoms with Gasteiger partial charge in [-0.2, -0.15) is 0 Å². The monoisotopic (exact) mass is 620 g/mol. The van der Waals surface area contributed by atoms with Crippen LogP contribution in [0.5, 0.6) is 0 Å². The van der Waals surface area contributed by atoms with Gasteiger partial charge in [0.1, 0.15) is 17.7 Å². The average molecular weight is 621 g/mol. The highest BCUT2D eigenvalue weighted by Gasteiger charge is 2.46. The molecule has 2 fully saturated rings. The molecule has 0 aliphatic carbocycles. The lowest BCUT2D eigenvalue weighted by molar-refractivity contribution is -0.132. The van der Waals surface area contributed by atoms with Gasteiger partial charge >= 0.3 is 0 Å². The average Bonchev–Trinajstić information content (AvgIpc) is 3.80. The Labute approximate surface area is 264 Å². The number of Topliss-reactive ketones (excluding diaryl/α,β-unsaturated/α-hetero) is 1. The van der Waals surface area contributed by atoms with E-state index in [-0.39, 0.29) is 31.2 Å². The molecule has 2 aliphatic heterocycles. The van der Waals surface area contributed by atoms with Crippen LogP contribution in [-0.4, -0.2) is 116 Å². The van der Waals surface area contributed by atoms with Gasteiger partial charge in [0.15, 0.2) is 5.78 Å². The Morgan fingerprint density at radius 1 is 0.778 bits per heavy atom. The lowest BCUT2D eigenvalue weighted by Crippen LogP contribution is -2.54. The predicted octanol–water partition coefficient (Wildman–Crippen LogP) is -0.331. The zero-order valence-corrected chi connectivity index (χ0v) is 26.1. The Balaban J connectivity index is 1.33. The van der Waals surface area contributed by atoms with Gasteiger partial charge in [-0.15, -0.1) is 0 Å². The Morgan fingerprint density at radius 3 is 1.96 bits per heavy atom. The Hall–Kier alpha value is -4.13. The van der Waals surface area contributed by atoms with Crippen molar-refractivity contribution in [3.63, 3.8) is 0 Å². The number of nitrogens with one attached hydrogen (secondary N) is 4. The van der Waals surface area contributed by atoms with Gasteiger partial charge in [-0.25, -0.2) is 0 Å². The number of hydrogen-bond acceptors (Lipinski definition) is 8. The maximum atomic E-state index is 13.3. The molecule has 2 aromatic rings. The Morgan fingerprint density at radius 2 is 1.33 bits per heavy atom. The van der Waals surface area contributed by atoms with Crippen molar-refractivity contribution in [3.8, 4) is 0 Å². The summed E-state index contributed by atoms with van der Waals surface area (Å²) in [6.07, 6.45) is 1.10. The molecule has 0 bridgehead atoms. The third-order valence-electron chi connectivity index (χ3n) is 8.13. The first-order chi connectivity index (χ1) is 21.6. The maximum Gasteiger partial charge on any atom is 0.243 e. The van der Waals surface area contributed by atoms with Crippen molar-refractivity contribution in [1.82, 2.24) is 31.1 Å². The summed E-state index contributed by atoms with van der Waals surface area (Å²) in [5.74, 6) is -2.08. The molecular formula is C33H44N6O6. The molecule has 45 heavy (non-hydrogen) atoms. The SMILES string of the molecule is CN1CCN(CC(=O)N[C@@H](CCc2ccccc2)C(=O)NCC(=O)N[C@@H](Cc2ccccc2)C(=O)NCC(=O)C2(C)CO2)CC1. The van der Waals surface area contributed by atoms with E-state index in [9.17, 15) is 24.0 Å². The molecular weight excluding hydrogens is 576 g/mol. The summed E-state index contributed by atoms with van der Waals surface area (Å²) < 4.78 is 5.15. The van der Waals surface area contributed by atoms with Gasteiger partial charge < -0.3 is 30.9 Å². The highest BCUT2D eigenvalue weighted by atomic mass is 16.6. The Bertz CT molecular complexity index is 1310. The first kappa shape index (κ1) is 33.8. The number of piperazine rings is 1. The van der Waals surface area contributed by atoms with Gasteiger partial charge in [-0.05, 0) is 37.9 Å². The highest BCUT2D eigenvalue weighted by Crippen LogP contribution is 2.26. The fourth-order valence-corrected chi connectivity index (χ4v) is 5.02. The van der Waals surface area contributed by atoms with E-state index in [1.54, 1.807) is 6.92 Å². The van der Waals surface area contributed by atoms with Crippen molar-refractivity contribution in [1.29, 1.82) is 0 Å². The fourth-order valence-electron chi connectivity index (χ4n) is 5.02. The third-order valence-corrected chi connectivity index (χ3v) is 8.13. The number of ether oxygens (including phenoxy) is 1. The molecule has 0 saturated carbocycles. The van der Waals surface area contributed by atoms with Crippen molar-refractivity contribution < 1.29 is 28.7 Å². The van der Waals surface area contributed by atoms with Crippen molar-refractivity contribution in [3.05, 3.63) is 71.8 Å². The van der Waals surface area contributed by atoms with Gasteiger partial charge in [0.2, 0.25) is 23.6 Å². The number of carbonyl (C=O) groups is 5. The van der Waals surface area contributed by atoms with Crippen LogP contribution in [0.1, 0.15) is 24.5 Å². The van der Waals surface area contributed by atoms with Gasteiger partial charge in [0, 0.05) is 32.6 Å². The van der Waals surface area contributed by atoms with Gasteiger partial charge in [0.05, 0.1) is 26.2 Å². The summed E-state index contributed by atoms with van der Waals surface area (Å²) in [4.78, 5) is 68.8. The number of amides is 4. The quantitative estimate of drug-likeness (QED) is 0.186. The molecule has 2 heterocycles. The molecule has 0 radical (unpaired) electrons. The molecule has 2 aliphatic rings. The molecule has 2 aromatic carbocycles. The number of ketones is 1. The van der Waals surface area contributed by atoms with Gasteiger partial charge in [0.25, 0.3) is 0 Å². The van der Waals surface area contributed by atoms with Crippen LogP contribution in [0.2, 0.25) is 0 Å². The fraction of sp³-hybridized carbons (Fsp3) is 0.485. The summed E-state index contributed by atoms with van der Waals surface area (Å²) in [5.41, 5.74) is 0.971. The molecule has 4 rings (SSSR count). The topological polar surface area (TPSA) is 152 Å². The zero-order valence-electron chi connectivity index (χ0n) is 26.1. The number of aryl methyl sites for hydroxylation is 1. The molecule has 242 valence electrons. The van der Waals surface area contributed by atoms with Crippen LogP contribution in [0.15, 0.2) is 60.7 Å². The van der Waals surface area contributed by atoms with Crippen LogP contribution < -0.4 is 21.3 Å². The summed E-state index contributed by atoms with van der Waals surface area (Å²) in [6, 6.07) is 17.0. The predicted molar refractivity (Wildman–Crippen MR) is 168 cm³/mol. The molecule has 0 aromatic heterocycles. The second-order valence-electron chi connectivity index (χ2n) is 11.9. The normalized spacial score (nSPS) is 19.5.